The predicted molar refractivity (Wildman–Crippen MR) is 154 cm³/mol. The Kier molecular flexibility index (Phi) is 6.95. The Labute approximate surface area is 239 Å². The van der Waals surface area contributed by atoms with Crippen LogP contribution in [0.5, 0.6) is 5.75 Å². The molecule has 2 fully saturated rings. The minimum Gasteiger partial charge on any atom is -0.494 e. The number of amides is 3. The highest BCUT2D eigenvalue weighted by molar-refractivity contribution is 6.07. The summed E-state index contributed by atoms with van der Waals surface area (Å²) in [5, 5.41) is 9.93. The van der Waals surface area contributed by atoms with E-state index >= 15 is 0 Å². The van der Waals surface area contributed by atoms with E-state index in [4.69, 9.17) is 9.47 Å². The molecule has 4 aliphatic rings. The van der Waals surface area contributed by atoms with E-state index in [1.54, 1.807) is 9.80 Å². The van der Waals surface area contributed by atoms with E-state index in [-0.39, 0.29) is 30.9 Å². The van der Waals surface area contributed by atoms with Crippen LogP contribution in [0.3, 0.4) is 0 Å². The van der Waals surface area contributed by atoms with Crippen LogP contribution in [0.15, 0.2) is 66.8 Å². The second kappa shape index (κ2) is 10.5. The van der Waals surface area contributed by atoms with Crippen molar-refractivity contribution in [1.29, 1.82) is 0 Å². The van der Waals surface area contributed by atoms with Gasteiger partial charge in [-0.1, -0.05) is 42.5 Å². The smallest absolute Gasteiger partial charge is 0.253 e. The van der Waals surface area contributed by atoms with Gasteiger partial charge in [0, 0.05) is 31.0 Å². The number of aryl methyl sites for hydroxylation is 2. The Hall–Kier alpha value is -3.95. The van der Waals surface area contributed by atoms with Gasteiger partial charge in [-0.05, 0) is 56.2 Å². The second-order valence-electron chi connectivity index (χ2n) is 11.0. The maximum atomic E-state index is 14.4. The van der Waals surface area contributed by atoms with E-state index in [9.17, 15) is 19.5 Å². The zero-order chi connectivity index (χ0) is 28.9. The van der Waals surface area contributed by atoms with Crippen LogP contribution in [0.2, 0.25) is 0 Å². The van der Waals surface area contributed by atoms with E-state index < -0.39 is 29.6 Å². The molecule has 1 N–H and O–H groups in total. The number of aliphatic hydroxyl groups excluding tert-OH is 1. The summed E-state index contributed by atoms with van der Waals surface area (Å²) in [6.07, 6.45) is 6.74. The van der Waals surface area contributed by atoms with Gasteiger partial charge in [0.15, 0.2) is 0 Å². The zero-order valence-electron chi connectivity index (χ0n) is 23.5. The Morgan fingerprint density at radius 2 is 1.66 bits per heavy atom. The number of nitrogens with zero attached hydrogens (tertiary/aromatic N) is 3. The van der Waals surface area contributed by atoms with Crippen LogP contribution in [0.25, 0.3) is 0 Å². The number of anilines is 2. The van der Waals surface area contributed by atoms with Crippen molar-refractivity contribution in [2.24, 2.45) is 11.8 Å². The minimum absolute atomic E-state index is 0.0324. The average molecular weight is 558 g/mol. The number of ether oxygens (including phenoxy) is 2. The summed E-state index contributed by atoms with van der Waals surface area (Å²) in [6.45, 7) is 6.65. The molecule has 0 radical (unpaired) electrons. The van der Waals surface area contributed by atoms with Gasteiger partial charge in [0.25, 0.3) is 5.91 Å². The Bertz CT molecular complexity index is 1420. The lowest BCUT2D eigenvalue weighted by atomic mass is 9.77. The van der Waals surface area contributed by atoms with Crippen molar-refractivity contribution >= 4 is 29.1 Å². The van der Waals surface area contributed by atoms with E-state index in [1.165, 1.54) is 4.90 Å². The number of aliphatic hydroxyl groups is 1. The van der Waals surface area contributed by atoms with Crippen LogP contribution in [0.1, 0.15) is 18.1 Å². The molecule has 2 aromatic rings. The molecule has 214 valence electrons. The van der Waals surface area contributed by atoms with Gasteiger partial charge in [0.1, 0.15) is 17.4 Å². The van der Waals surface area contributed by atoms with Gasteiger partial charge in [-0.2, -0.15) is 0 Å². The topological polar surface area (TPSA) is 99.6 Å². The van der Waals surface area contributed by atoms with Crippen molar-refractivity contribution in [2.75, 3.05) is 42.6 Å². The summed E-state index contributed by atoms with van der Waals surface area (Å²) >= 11 is 0. The molecule has 6 rings (SSSR count). The molecule has 2 saturated heterocycles. The number of fused-ring (bicyclic) bond motifs is 2. The largest absolute Gasteiger partial charge is 0.494 e. The molecular formula is C32H35N3O6. The third-order valence-corrected chi connectivity index (χ3v) is 8.67. The highest BCUT2D eigenvalue weighted by Crippen LogP contribution is 2.54. The standard InChI is InChI=1S/C32H35N3O6/c1-4-40-23-13-11-22(12-14-23)33-16-6-10-24-25(29(33)37)26-30(38)35(18-19-36)28-31(39)34(17-7-15-32(26,28)41-24)27-20(2)8-5-9-21(27)3/h5-15,24-26,28,36H,4,16-19H2,1-3H3/t24-,25+,26+,28?,32+/m1/s1. The summed E-state index contributed by atoms with van der Waals surface area (Å²) in [5.74, 6) is -1.91. The van der Waals surface area contributed by atoms with E-state index in [1.807, 2.05) is 87.5 Å². The van der Waals surface area contributed by atoms with Crippen molar-refractivity contribution in [1.82, 2.24) is 4.90 Å². The molecule has 0 bridgehead atoms. The number of carbonyl (C=O) groups excluding carboxylic acids is 3. The zero-order valence-corrected chi connectivity index (χ0v) is 23.5. The van der Waals surface area contributed by atoms with Crippen LogP contribution in [0.4, 0.5) is 11.4 Å². The molecule has 1 spiro atoms. The second-order valence-corrected chi connectivity index (χ2v) is 11.0. The fourth-order valence-electron chi connectivity index (χ4n) is 7.04. The third-order valence-electron chi connectivity index (χ3n) is 8.67. The first kappa shape index (κ1) is 27.2. The van der Waals surface area contributed by atoms with Crippen LogP contribution < -0.4 is 14.5 Å². The summed E-state index contributed by atoms with van der Waals surface area (Å²) in [5.41, 5.74) is 2.03. The molecule has 0 aromatic heterocycles. The van der Waals surface area contributed by atoms with E-state index in [2.05, 4.69) is 0 Å². The first-order chi connectivity index (χ1) is 19.8. The number of carbonyl (C=O) groups is 3. The van der Waals surface area contributed by atoms with Crippen LogP contribution in [-0.2, 0) is 19.1 Å². The molecule has 1 unspecified atom stereocenters. The quantitative estimate of drug-likeness (QED) is 0.549. The van der Waals surface area contributed by atoms with Crippen LogP contribution >= 0.6 is 0 Å². The number of para-hydroxylation sites is 1. The normalized spacial score (nSPS) is 28.9. The molecule has 41 heavy (non-hydrogen) atoms. The summed E-state index contributed by atoms with van der Waals surface area (Å²) in [6, 6.07) is 12.1. The van der Waals surface area contributed by atoms with Crippen LogP contribution in [0, 0.1) is 25.7 Å². The fourth-order valence-corrected chi connectivity index (χ4v) is 7.04. The van der Waals surface area contributed by atoms with Crippen molar-refractivity contribution in [2.45, 2.75) is 38.5 Å². The first-order valence-electron chi connectivity index (χ1n) is 14.2. The Morgan fingerprint density at radius 1 is 0.951 bits per heavy atom. The van der Waals surface area contributed by atoms with Crippen molar-refractivity contribution in [3.8, 4) is 5.75 Å². The molecule has 2 aromatic carbocycles. The van der Waals surface area contributed by atoms with Crippen molar-refractivity contribution < 1.29 is 29.0 Å². The van der Waals surface area contributed by atoms with Gasteiger partial charge in [-0.3, -0.25) is 14.4 Å². The van der Waals surface area contributed by atoms with Gasteiger partial charge in [-0.15, -0.1) is 0 Å². The van der Waals surface area contributed by atoms with Gasteiger partial charge >= 0.3 is 0 Å². The molecule has 0 saturated carbocycles. The number of rotatable bonds is 6. The third kappa shape index (κ3) is 4.18. The van der Waals surface area contributed by atoms with Gasteiger partial charge in [0.2, 0.25) is 11.8 Å². The van der Waals surface area contributed by atoms with Gasteiger partial charge in [-0.25, -0.2) is 0 Å². The lowest BCUT2D eigenvalue weighted by molar-refractivity contribution is -0.141. The monoisotopic (exact) mass is 557 g/mol. The molecule has 9 heteroatoms. The van der Waals surface area contributed by atoms with Gasteiger partial charge < -0.3 is 29.3 Å². The molecular weight excluding hydrogens is 522 g/mol. The van der Waals surface area contributed by atoms with Crippen molar-refractivity contribution in [3.05, 3.63) is 77.9 Å². The molecule has 0 aliphatic carbocycles. The SMILES string of the molecule is CCOc1ccc(N2CC=C[C@H]3O[C@]45C=CCN(c6c(C)cccc6C)C(=O)C4N(CCO)C(=O)[C@@H]5[C@H]3C2=O)cc1. The maximum absolute atomic E-state index is 14.4. The van der Waals surface area contributed by atoms with E-state index in [0.717, 1.165) is 16.8 Å². The number of hydrogen-bond donors (Lipinski definition) is 1. The minimum atomic E-state index is -1.34. The summed E-state index contributed by atoms with van der Waals surface area (Å²) < 4.78 is 12.2. The van der Waals surface area contributed by atoms with E-state index in [0.29, 0.717) is 31.1 Å². The van der Waals surface area contributed by atoms with Crippen LogP contribution in [-0.4, -0.2) is 78.3 Å². The lowest BCUT2D eigenvalue weighted by Gasteiger charge is -2.35. The highest BCUT2D eigenvalue weighted by Gasteiger charge is 2.71. The molecule has 4 aliphatic heterocycles. The molecule has 9 nitrogen and oxygen atoms in total. The fraction of sp³-hybridized carbons (Fsp3) is 0.406. The predicted octanol–water partition coefficient (Wildman–Crippen LogP) is 2.78. The molecule has 4 heterocycles. The average Bonchev–Trinajstić information content (AvgIpc) is 3.26. The van der Waals surface area contributed by atoms with Crippen molar-refractivity contribution in [3.63, 3.8) is 0 Å². The number of hydrogen-bond acceptors (Lipinski definition) is 6. The number of β-amino-alcohol motifs (C(OH)–C–C–N with tert-alkyl or cyclic N) is 1. The first-order valence-corrected chi connectivity index (χ1v) is 14.2. The number of benzene rings is 2. The lowest BCUT2D eigenvalue weighted by Crippen LogP contribution is -2.56. The molecule has 5 atom stereocenters. The molecule has 3 amide bonds. The Balaban J connectivity index is 1.41. The highest BCUT2D eigenvalue weighted by atomic mass is 16.5. The van der Waals surface area contributed by atoms with Gasteiger partial charge in [0.05, 0.1) is 31.2 Å². The maximum Gasteiger partial charge on any atom is 0.253 e. The Morgan fingerprint density at radius 3 is 2.34 bits per heavy atom. The number of likely N-dealkylation sites (tertiary alicyclic amines) is 1. The summed E-state index contributed by atoms with van der Waals surface area (Å²) in [4.78, 5) is 47.6. The summed E-state index contributed by atoms with van der Waals surface area (Å²) in [7, 11) is 0.